The van der Waals surface area contributed by atoms with Gasteiger partial charge in [0.1, 0.15) is 11.2 Å². The van der Waals surface area contributed by atoms with Gasteiger partial charge in [-0.3, -0.25) is 0 Å². The van der Waals surface area contributed by atoms with Gasteiger partial charge in [-0.2, -0.15) is 0 Å². The molecule has 2 unspecified atom stereocenters. The van der Waals surface area contributed by atoms with Crippen molar-refractivity contribution >= 4 is 60.5 Å². The topological polar surface area (TPSA) is 18.1 Å². The minimum atomic E-state index is -0.235. The zero-order valence-corrected chi connectivity index (χ0v) is 28.4. The first kappa shape index (κ1) is 27.7. The third-order valence-electron chi connectivity index (χ3n) is 12.3. The standard InChI is InChI=1S/C49H33NO/c1-49(2)47-36(37-24-26-43-46(48(37)49)39-16-6-8-20-42(39)51-43)23-25-41-45(47)38-15-5-7-19-40(38)50(41)29-12-9-11-28(27-29)30-21-22-35-32-14-4-3-13-31(32)34-18-10-17-33(30)44(34)35/h3-27,33,44H,1-2H3. The summed E-state index contributed by atoms with van der Waals surface area (Å²) in [6, 6.07) is 44.8. The number of para-hydroxylation sites is 2. The monoisotopic (exact) mass is 651 g/mol. The van der Waals surface area contributed by atoms with Crippen LogP contribution in [0, 0.1) is 11.8 Å². The second-order valence-electron chi connectivity index (χ2n) is 15.2. The third kappa shape index (κ3) is 3.43. The highest BCUT2D eigenvalue weighted by Crippen LogP contribution is 2.58. The van der Waals surface area contributed by atoms with Gasteiger partial charge in [-0.05, 0) is 92.1 Å². The number of fused-ring (bicyclic) bond motifs is 14. The van der Waals surface area contributed by atoms with E-state index in [2.05, 4.69) is 170 Å². The van der Waals surface area contributed by atoms with Crippen LogP contribution in [0.15, 0.2) is 156 Å². The van der Waals surface area contributed by atoms with Crippen LogP contribution in [-0.4, -0.2) is 4.57 Å². The molecule has 0 N–H and O–H groups in total. The van der Waals surface area contributed by atoms with E-state index >= 15 is 0 Å². The molecule has 0 spiro atoms. The second kappa shape index (κ2) is 9.56. The maximum atomic E-state index is 6.40. The molecule has 0 amide bonds. The molecular weight excluding hydrogens is 619 g/mol. The molecule has 2 heteroatoms. The van der Waals surface area contributed by atoms with Gasteiger partial charge in [-0.15, -0.1) is 0 Å². The quantitative estimate of drug-likeness (QED) is 0.182. The van der Waals surface area contributed by atoms with Crippen molar-refractivity contribution < 1.29 is 4.42 Å². The lowest BCUT2D eigenvalue weighted by Crippen LogP contribution is -2.18. The zero-order valence-electron chi connectivity index (χ0n) is 28.4. The van der Waals surface area contributed by atoms with Gasteiger partial charge < -0.3 is 8.98 Å². The summed E-state index contributed by atoms with van der Waals surface area (Å²) < 4.78 is 8.89. The normalized spacial score (nSPS) is 19.2. The molecule has 0 radical (unpaired) electrons. The maximum absolute atomic E-state index is 6.40. The smallest absolute Gasteiger partial charge is 0.135 e. The number of rotatable bonds is 2. The summed E-state index contributed by atoms with van der Waals surface area (Å²) in [6.07, 6.45) is 11.8. The molecule has 12 rings (SSSR count). The van der Waals surface area contributed by atoms with Gasteiger partial charge in [0.05, 0.1) is 11.0 Å². The number of aromatic nitrogens is 1. The van der Waals surface area contributed by atoms with Gasteiger partial charge in [0.25, 0.3) is 0 Å². The van der Waals surface area contributed by atoms with E-state index in [0.29, 0.717) is 11.8 Å². The fraction of sp³-hybridized carbons (Fsp3) is 0.102. The predicted molar refractivity (Wildman–Crippen MR) is 212 cm³/mol. The van der Waals surface area contributed by atoms with E-state index in [1.165, 1.54) is 93.9 Å². The van der Waals surface area contributed by atoms with Gasteiger partial charge in [-0.25, -0.2) is 0 Å². The lowest BCUT2D eigenvalue weighted by Gasteiger charge is -2.31. The van der Waals surface area contributed by atoms with Crippen LogP contribution in [0.1, 0.15) is 41.7 Å². The van der Waals surface area contributed by atoms with Crippen LogP contribution in [0.25, 0.3) is 77.3 Å². The Kier molecular flexibility index (Phi) is 5.19. The molecular formula is C49H33NO. The van der Waals surface area contributed by atoms with Crippen molar-refractivity contribution in [3.63, 3.8) is 0 Å². The third-order valence-corrected chi connectivity index (χ3v) is 12.3. The van der Waals surface area contributed by atoms with E-state index in [1.807, 2.05) is 0 Å². The molecule has 2 aromatic heterocycles. The molecule has 51 heavy (non-hydrogen) atoms. The van der Waals surface area contributed by atoms with Crippen molar-refractivity contribution in [3.05, 3.63) is 180 Å². The van der Waals surface area contributed by atoms with Crippen LogP contribution < -0.4 is 0 Å². The molecule has 0 saturated heterocycles. The molecule has 0 aliphatic heterocycles. The summed E-state index contributed by atoms with van der Waals surface area (Å²) in [5.41, 5.74) is 19.1. The van der Waals surface area contributed by atoms with E-state index in [-0.39, 0.29) is 5.41 Å². The Morgan fingerprint density at radius 3 is 2.12 bits per heavy atom. The van der Waals surface area contributed by atoms with Crippen LogP contribution in [0.4, 0.5) is 0 Å². The number of nitrogens with zero attached hydrogens (tertiary/aromatic N) is 1. The molecule has 2 heterocycles. The molecule has 2 atom stereocenters. The fourth-order valence-electron chi connectivity index (χ4n) is 10.4. The van der Waals surface area contributed by atoms with Crippen LogP contribution in [-0.2, 0) is 5.41 Å². The average molecular weight is 652 g/mol. The van der Waals surface area contributed by atoms with Crippen LogP contribution in [0.3, 0.4) is 0 Å². The summed E-state index contributed by atoms with van der Waals surface area (Å²) in [5.74, 6) is 0.679. The van der Waals surface area contributed by atoms with Crippen molar-refractivity contribution in [2.24, 2.45) is 11.8 Å². The van der Waals surface area contributed by atoms with Crippen molar-refractivity contribution in [2.45, 2.75) is 19.3 Å². The van der Waals surface area contributed by atoms with E-state index in [9.17, 15) is 0 Å². The molecule has 4 aliphatic carbocycles. The van der Waals surface area contributed by atoms with Crippen molar-refractivity contribution in [2.75, 3.05) is 0 Å². The fourth-order valence-corrected chi connectivity index (χ4v) is 10.4. The summed E-state index contributed by atoms with van der Waals surface area (Å²) in [4.78, 5) is 0. The van der Waals surface area contributed by atoms with Crippen molar-refractivity contribution in [3.8, 4) is 16.8 Å². The summed E-state index contributed by atoms with van der Waals surface area (Å²) in [7, 11) is 0. The minimum Gasteiger partial charge on any atom is -0.456 e. The number of benzene rings is 6. The zero-order chi connectivity index (χ0) is 33.6. The second-order valence-corrected chi connectivity index (χ2v) is 15.2. The summed E-state index contributed by atoms with van der Waals surface area (Å²) >= 11 is 0. The van der Waals surface area contributed by atoms with E-state index in [1.54, 1.807) is 0 Å². The first-order valence-electron chi connectivity index (χ1n) is 18.1. The predicted octanol–water partition coefficient (Wildman–Crippen LogP) is 12.7. The molecule has 4 aliphatic rings. The number of furan rings is 1. The molecule has 8 aromatic rings. The van der Waals surface area contributed by atoms with Gasteiger partial charge in [0, 0.05) is 44.5 Å². The van der Waals surface area contributed by atoms with Crippen molar-refractivity contribution in [1.29, 1.82) is 0 Å². The number of allylic oxidation sites excluding steroid dienone is 8. The minimum absolute atomic E-state index is 0.235. The first-order valence-corrected chi connectivity index (χ1v) is 18.1. The van der Waals surface area contributed by atoms with E-state index in [4.69, 9.17) is 4.42 Å². The summed E-state index contributed by atoms with van der Waals surface area (Å²) in [5, 5.41) is 5.07. The van der Waals surface area contributed by atoms with E-state index < -0.39 is 0 Å². The Morgan fingerprint density at radius 2 is 1.25 bits per heavy atom. The number of hydrogen-bond donors (Lipinski definition) is 0. The van der Waals surface area contributed by atoms with E-state index in [0.717, 1.165) is 11.2 Å². The highest BCUT2D eigenvalue weighted by atomic mass is 16.3. The molecule has 240 valence electrons. The lowest BCUT2D eigenvalue weighted by atomic mass is 9.72. The maximum Gasteiger partial charge on any atom is 0.135 e. The Hall–Kier alpha value is -6.12. The van der Waals surface area contributed by atoms with Crippen molar-refractivity contribution in [1.82, 2.24) is 4.57 Å². The molecule has 6 aromatic carbocycles. The Bertz CT molecular complexity index is 3010. The highest BCUT2D eigenvalue weighted by Gasteiger charge is 2.42. The Labute approximate surface area is 296 Å². The summed E-state index contributed by atoms with van der Waals surface area (Å²) in [6.45, 7) is 4.81. The Morgan fingerprint density at radius 1 is 0.549 bits per heavy atom. The lowest BCUT2D eigenvalue weighted by molar-refractivity contribution is 0.660. The van der Waals surface area contributed by atoms with Gasteiger partial charge in [0.2, 0.25) is 0 Å². The van der Waals surface area contributed by atoms with Crippen LogP contribution >= 0.6 is 0 Å². The SMILES string of the molecule is CC1(C)c2c(ccc3oc4ccccc4c23)-c2ccc3c(c21)c1ccccc1n3-c1cccc(C2=CC=C3c4ccccc4C4=CC=CC2C43)c1. The van der Waals surface area contributed by atoms with Gasteiger partial charge in [0.15, 0.2) is 0 Å². The largest absolute Gasteiger partial charge is 0.456 e. The van der Waals surface area contributed by atoms with Crippen LogP contribution in [0.5, 0.6) is 0 Å². The molecule has 0 saturated carbocycles. The first-order chi connectivity index (χ1) is 25.1. The molecule has 2 nitrogen and oxygen atoms in total. The molecule has 0 bridgehead atoms. The average Bonchev–Trinajstić information content (AvgIpc) is 3.88. The van der Waals surface area contributed by atoms with Crippen LogP contribution in [0.2, 0.25) is 0 Å². The Balaban J connectivity index is 1.06. The number of hydrogen-bond acceptors (Lipinski definition) is 1. The van der Waals surface area contributed by atoms with Gasteiger partial charge in [-0.1, -0.05) is 129 Å². The molecule has 0 fully saturated rings. The van der Waals surface area contributed by atoms with Gasteiger partial charge >= 0.3 is 0 Å². The highest BCUT2D eigenvalue weighted by molar-refractivity contribution is 6.17.